The first-order valence-electron chi connectivity index (χ1n) is 5.84. The predicted molar refractivity (Wildman–Crippen MR) is 70.8 cm³/mol. The molecule has 0 aliphatic heterocycles. The van der Waals surface area contributed by atoms with E-state index in [0.717, 1.165) is 0 Å². The van der Waals surface area contributed by atoms with Gasteiger partial charge in [-0.05, 0) is 20.8 Å². The lowest BCUT2D eigenvalue weighted by Crippen LogP contribution is -2.06. The number of rotatable bonds is 7. The summed E-state index contributed by atoms with van der Waals surface area (Å²) in [5, 5.41) is 9.52. The van der Waals surface area contributed by atoms with Crippen molar-refractivity contribution >= 4 is 13.6 Å². The molecule has 0 saturated heterocycles. The summed E-state index contributed by atoms with van der Waals surface area (Å²) in [7, 11) is -1.08. The molecule has 0 bridgehead atoms. The second-order valence-corrected chi connectivity index (χ2v) is 6.10. The van der Waals surface area contributed by atoms with Crippen LogP contribution in [-0.4, -0.2) is 38.0 Å². The molecule has 6 nitrogen and oxygen atoms in total. The first kappa shape index (κ1) is 18.1. The second kappa shape index (κ2) is 8.31. The van der Waals surface area contributed by atoms with Gasteiger partial charge in [0.05, 0.1) is 23.6 Å². The summed E-state index contributed by atoms with van der Waals surface area (Å²) >= 11 is 0. The van der Waals surface area contributed by atoms with Crippen LogP contribution in [0.1, 0.15) is 27.2 Å². The molecule has 0 radical (unpaired) electrons. The van der Waals surface area contributed by atoms with Gasteiger partial charge in [-0.2, -0.15) is 0 Å². The maximum atomic E-state index is 12.3. The Morgan fingerprint density at radius 2 is 1.89 bits per heavy atom. The molecular weight excluding hydrogens is 271 g/mol. The normalized spacial score (nSPS) is 12.5. The molecule has 0 saturated carbocycles. The standard InChI is InChI=1S/C12H21O6P/c1-6-18-12(14)9(2)7-11(8-10(3)13)19(15,16-4)17-5/h10,13H,6,8H2,1-5H3. The van der Waals surface area contributed by atoms with Crippen molar-refractivity contribution in [2.75, 3.05) is 20.8 Å². The van der Waals surface area contributed by atoms with Gasteiger partial charge in [0.25, 0.3) is 0 Å². The topological polar surface area (TPSA) is 82.1 Å². The van der Waals surface area contributed by atoms with Crippen molar-refractivity contribution in [3.8, 4) is 0 Å². The number of ether oxygens (including phenoxy) is 1. The van der Waals surface area contributed by atoms with Gasteiger partial charge in [-0.15, -0.1) is 0 Å². The Morgan fingerprint density at radius 1 is 1.37 bits per heavy atom. The van der Waals surface area contributed by atoms with E-state index in [4.69, 9.17) is 13.8 Å². The van der Waals surface area contributed by atoms with Crippen molar-refractivity contribution in [3.05, 3.63) is 16.6 Å². The van der Waals surface area contributed by atoms with Crippen LogP contribution in [-0.2, 0) is 23.1 Å². The van der Waals surface area contributed by atoms with Crippen LogP contribution in [0.5, 0.6) is 0 Å². The number of hydrogen-bond acceptors (Lipinski definition) is 6. The van der Waals surface area contributed by atoms with Crippen LogP contribution in [0.3, 0.4) is 0 Å². The highest BCUT2D eigenvalue weighted by atomic mass is 31.2. The van der Waals surface area contributed by atoms with E-state index < -0.39 is 19.7 Å². The number of esters is 1. The fourth-order valence-electron chi connectivity index (χ4n) is 1.31. The van der Waals surface area contributed by atoms with Gasteiger partial charge in [-0.25, -0.2) is 4.79 Å². The van der Waals surface area contributed by atoms with E-state index in [2.05, 4.69) is 5.73 Å². The zero-order valence-electron chi connectivity index (χ0n) is 11.9. The van der Waals surface area contributed by atoms with Crippen molar-refractivity contribution in [2.24, 2.45) is 0 Å². The summed E-state index contributed by atoms with van der Waals surface area (Å²) in [6.07, 6.45) is -0.744. The third kappa shape index (κ3) is 5.72. The molecule has 7 heteroatoms. The summed E-state index contributed by atoms with van der Waals surface area (Å²) in [5.41, 5.74) is 2.81. The predicted octanol–water partition coefficient (Wildman–Crippen LogP) is 2.24. The van der Waals surface area contributed by atoms with E-state index in [1.807, 2.05) is 0 Å². The summed E-state index contributed by atoms with van der Waals surface area (Å²) in [6, 6.07) is 0. The molecule has 0 aliphatic rings. The number of carbonyl (C=O) groups is 1. The van der Waals surface area contributed by atoms with Crippen LogP contribution in [0.4, 0.5) is 0 Å². The largest absolute Gasteiger partial charge is 0.462 e. The molecule has 1 N–H and O–H groups in total. The number of aliphatic hydroxyl groups is 1. The van der Waals surface area contributed by atoms with E-state index in [9.17, 15) is 14.5 Å². The lowest BCUT2D eigenvalue weighted by molar-refractivity contribution is -0.138. The lowest BCUT2D eigenvalue weighted by atomic mass is 10.2. The summed E-state index contributed by atoms with van der Waals surface area (Å²) < 4.78 is 26.8. The van der Waals surface area contributed by atoms with Crippen molar-refractivity contribution in [2.45, 2.75) is 33.3 Å². The molecule has 0 fully saturated rings. The number of hydrogen-bond donors (Lipinski definition) is 1. The molecule has 19 heavy (non-hydrogen) atoms. The van der Waals surface area contributed by atoms with Gasteiger partial charge in [0.1, 0.15) is 0 Å². The molecule has 0 aromatic rings. The second-order valence-electron chi connectivity index (χ2n) is 3.83. The van der Waals surface area contributed by atoms with Gasteiger partial charge in [-0.3, -0.25) is 4.57 Å². The molecule has 0 heterocycles. The van der Waals surface area contributed by atoms with E-state index in [1.54, 1.807) is 6.92 Å². The molecular formula is C12H21O6P. The van der Waals surface area contributed by atoms with Gasteiger partial charge in [0, 0.05) is 20.6 Å². The minimum absolute atomic E-state index is 0.0235. The van der Waals surface area contributed by atoms with Crippen molar-refractivity contribution < 1.29 is 28.3 Å². The smallest absolute Gasteiger partial charge is 0.364 e. The summed E-state index contributed by atoms with van der Waals surface area (Å²) in [4.78, 5) is 11.5. The van der Waals surface area contributed by atoms with Gasteiger partial charge in [0.2, 0.25) is 0 Å². The fraction of sp³-hybridized carbons (Fsp3) is 0.667. The maximum absolute atomic E-state index is 12.3. The van der Waals surface area contributed by atoms with Crippen LogP contribution in [0.15, 0.2) is 16.6 Å². The molecule has 1 atom stereocenters. The quantitative estimate of drug-likeness (QED) is 0.335. The summed E-state index contributed by atoms with van der Waals surface area (Å²) in [5.74, 6) is -0.565. The summed E-state index contributed by atoms with van der Waals surface area (Å²) in [6.45, 7) is 4.92. The van der Waals surface area contributed by atoms with Crippen LogP contribution < -0.4 is 0 Å². The van der Waals surface area contributed by atoms with E-state index in [1.165, 1.54) is 28.1 Å². The van der Waals surface area contributed by atoms with Crippen molar-refractivity contribution in [1.29, 1.82) is 0 Å². The van der Waals surface area contributed by atoms with Crippen molar-refractivity contribution in [1.82, 2.24) is 0 Å². The first-order chi connectivity index (χ1) is 8.80. The number of aliphatic hydroxyl groups excluding tert-OH is 1. The Kier molecular flexibility index (Phi) is 7.91. The van der Waals surface area contributed by atoms with E-state index in [-0.39, 0.29) is 23.9 Å². The van der Waals surface area contributed by atoms with Gasteiger partial charge in [0.15, 0.2) is 0 Å². The lowest BCUT2D eigenvalue weighted by Gasteiger charge is -2.16. The van der Waals surface area contributed by atoms with Gasteiger partial charge in [-0.1, -0.05) is 5.73 Å². The van der Waals surface area contributed by atoms with Crippen LogP contribution in [0.25, 0.3) is 0 Å². The third-order valence-corrected chi connectivity index (χ3v) is 4.13. The Balaban J connectivity index is 5.65. The van der Waals surface area contributed by atoms with Crippen LogP contribution >= 0.6 is 7.60 Å². The van der Waals surface area contributed by atoms with Gasteiger partial charge < -0.3 is 18.9 Å². The molecule has 0 amide bonds. The highest BCUT2D eigenvalue weighted by Crippen LogP contribution is 2.55. The van der Waals surface area contributed by atoms with E-state index in [0.29, 0.717) is 0 Å². The van der Waals surface area contributed by atoms with E-state index >= 15 is 0 Å². The third-order valence-electron chi connectivity index (χ3n) is 2.21. The number of carbonyl (C=O) groups excluding carboxylic acids is 1. The van der Waals surface area contributed by atoms with Crippen molar-refractivity contribution in [3.63, 3.8) is 0 Å². The zero-order chi connectivity index (χ0) is 15.1. The highest BCUT2D eigenvalue weighted by Gasteiger charge is 2.29. The van der Waals surface area contributed by atoms with Gasteiger partial charge >= 0.3 is 13.6 Å². The monoisotopic (exact) mass is 292 g/mol. The Bertz CT molecular complexity index is 412. The Hall–Kier alpha value is -0.900. The fourth-order valence-corrected chi connectivity index (χ4v) is 2.70. The highest BCUT2D eigenvalue weighted by molar-refractivity contribution is 7.58. The minimum atomic E-state index is -3.54. The molecule has 0 aromatic carbocycles. The zero-order valence-corrected chi connectivity index (χ0v) is 12.8. The SMILES string of the molecule is CCOC(=O)C(C)=C=C(CC(C)O)P(=O)(OC)OC. The molecule has 0 aliphatic carbocycles. The molecule has 0 spiro atoms. The minimum Gasteiger partial charge on any atom is -0.462 e. The average Bonchev–Trinajstić information content (AvgIpc) is 2.36. The molecule has 1 unspecified atom stereocenters. The first-order valence-corrected chi connectivity index (χ1v) is 7.38. The van der Waals surface area contributed by atoms with Crippen LogP contribution in [0, 0.1) is 0 Å². The molecule has 110 valence electrons. The Labute approximate surface area is 113 Å². The molecule has 0 rings (SSSR count). The van der Waals surface area contributed by atoms with Crippen LogP contribution in [0.2, 0.25) is 0 Å². The Morgan fingerprint density at radius 3 is 2.26 bits per heavy atom. The molecule has 0 aromatic heterocycles. The average molecular weight is 292 g/mol. The maximum Gasteiger partial charge on any atom is 0.364 e.